The number of hydrogen-bond donors (Lipinski definition) is 2. The van der Waals surface area contributed by atoms with Gasteiger partial charge in [-0.2, -0.15) is 5.10 Å². The number of nitrogens with one attached hydrogen (secondary N) is 2. The van der Waals surface area contributed by atoms with Gasteiger partial charge in [0.2, 0.25) is 0 Å². The van der Waals surface area contributed by atoms with Crippen LogP contribution in [-0.2, 0) is 6.42 Å². The van der Waals surface area contributed by atoms with Gasteiger partial charge in [0.15, 0.2) is 5.82 Å². The smallest absolute Gasteiger partial charge is 0.151 e. The zero-order chi connectivity index (χ0) is 11.8. The highest BCUT2D eigenvalue weighted by atomic mass is 35.5. The molecule has 0 atom stereocenters. The van der Waals surface area contributed by atoms with Gasteiger partial charge < -0.3 is 5.32 Å². The van der Waals surface area contributed by atoms with Crippen molar-refractivity contribution >= 4 is 17.4 Å². The van der Waals surface area contributed by atoms with E-state index in [9.17, 15) is 0 Å². The van der Waals surface area contributed by atoms with Gasteiger partial charge in [0.1, 0.15) is 0 Å². The number of hydrogen-bond acceptors (Lipinski definition) is 2. The first kappa shape index (κ1) is 10.7. The van der Waals surface area contributed by atoms with E-state index >= 15 is 0 Å². The van der Waals surface area contributed by atoms with Gasteiger partial charge in [-0.1, -0.05) is 24.6 Å². The van der Waals surface area contributed by atoms with Crippen molar-refractivity contribution in [2.75, 3.05) is 11.9 Å². The van der Waals surface area contributed by atoms with E-state index in [0.717, 1.165) is 35.9 Å². The van der Waals surface area contributed by atoms with E-state index in [0.29, 0.717) is 0 Å². The summed E-state index contributed by atoms with van der Waals surface area (Å²) in [6.07, 6.45) is 2.01. The molecule has 0 saturated heterocycles. The van der Waals surface area contributed by atoms with Crippen molar-refractivity contribution in [1.29, 1.82) is 0 Å². The molecule has 2 N–H and O–H groups in total. The lowest BCUT2D eigenvalue weighted by Crippen LogP contribution is -2.02. The fourth-order valence-corrected chi connectivity index (χ4v) is 2.49. The molecule has 0 amide bonds. The summed E-state index contributed by atoms with van der Waals surface area (Å²) in [7, 11) is 0. The predicted octanol–water partition coefficient (Wildman–Crippen LogP) is 3.46. The Hall–Kier alpha value is -1.48. The van der Waals surface area contributed by atoms with Gasteiger partial charge in [-0.3, -0.25) is 5.10 Å². The molecule has 0 radical (unpaired) electrons. The highest BCUT2D eigenvalue weighted by Crippen LogP contribution is 2.39. The Balaban J connectivity index is 1.99. The first-order chi connectivity index (χ1) is 8.29. The van der Waals surface area contributed by atoms with Crippen LogP contribution in [0.4, 0.5) is 5.82 Å². The first-order valence-corrected chi connectivity index (χ1v) is 6.27. The van der Waals surface area contributed by atoms with Crippen LogP contribution in [0, 0.1) is 0 Å². The van der Waals surface area contributed by atoms with Crippen LogP contribution in [0.15, 0.2) is 18.2 Å². The molecule has 0 bridgehead atoms. The van der Waals surface area contributed by atoms with E-state index < -0.39 is 0 Å². The number of rotatable bonds is 3. The Morgan fingerprint density at radius 3 is 3.18 bits per heavy atom. The second-order valence-electron chi connectivity index (χ2n) is 4.33. The fourth-order valence-electron chi connectivity index (χ4n) is 2.29. The van der Waals surface area contributed by atoms with Crippen molar-refractivity contribution in [3.05, 3.63) is 34.3 Å². The van der Waals surface area contributed by atoms with Crippen LogP contribution >= 0.6 is 11.6 Å². The Morgan fingerprint density at radius 1 is 1.47 bits per heavy atom. The molecule has 2 aromatic rings. The van der Waals surface area contributed by atoms with E-state index in [1.54, 1.807) is 0 Å². The zero-order valence-electron chi connectivity index (χ0n) is 9.68. The molecule has 1 aliphatic carbocycles. The number of H-pyrrole nitrogens is 1. The lowest BCUT2D eigenvalue weighted by atomic mass is 10.1. The van der Waals surface area contributed by atoms with Crippen LogP contribution in [0.3, 0.4) is 0 Å². The summed E-state index contributed by atoms with van der Waals surface area (Å²) in [5.41, 5.74) is 4.90. The van der Waals surface area contributed by atoms with Crippen LogP contribution in [0.1, 0.15) is 24.5 Å². The minimum Gasteiger partial charge on any atom is -0.368 e. The van der Waals surface area contributed by atoms with E-state index in [4.69, 9.17) is 11.6 Å². The quantitative estimate of drug-likeness (QED) is 0.744. The molecule has 3 rings (SSSR count). The van der Waals surface area contributed by atoms with Crippen molar-refractivity contribution < 1.29 is 0 Å². The Kier molecular flexibility index (Phi) is 2.56. The van der Waals surface area contributed by atoms with Crippen LogP contribution in [0.2, 0.25) is 5.02 Å². The van der Waals surface area contributed by atoms with Crippen molar-refractivity contribution in [2.45, 2.75) is 19.8 Å². The van der Waals surface area contributed by atoms with Crippen LogP contribution < -0.4 is 5.32 Å². The second-order valence-corrected chi connectivity index (χ2v) is 4.77. The van der Waals surface area contributed by atoms with Crippen molar-refractivity contribution in [2.24, 2.45) is 0 Å². The highest BCUT2D eigenvalue weighted by molar-refractivity contribution is 6.30. The Labute approximate surface area is 105 Å². The molecule has 0 unspecified atom stereocenters. The van der Waals surface area contributed by atoms with E-state index in [1.807, 2.05) is 12.1 Å². The maximum absolute atomic E-state index is 6.02. The van der Waals surface area contributed by atoms with Gasteiger partial charge in [0, 0.05) is 29.1 Å². The van der Waals surface area contributed by atoms with Gasteiger partial charge >= 0.3 is 0 Å². The van der Waals surface area contributed by atoms with Gasteiger partial charge in [0.05, 0.1) is 5.69 Å². The summed E-state index contributed by atoms with van der Waals surface area (Å²) in [4.78, 5) is 0. The molecule has 4 heteroatoms. The van der Waals surface area contributed by atoms with Gasteiger partial charge in [0.25, 0.3) is 0 Å². The monoisotopic (exact) mass is 247 g/mol. The summed E-state index contributed by atoms with van der Waals surface area (Å²) in [5, 5.41) is 11.6. The topological polar surface area (TPSA) is 40.7 Å². The molecule has 0 spiro atoms. The lowest BCUT2D eigenvalue weighted by Gasteiger charge is -2.02. The van der Waals surface area contributed by atoms with Crippen LogP contribution in [-0.4, -0.2) is 16.7 Å². The largest absolute Gasteiger partial charge is 0.368 e. The van der Waals surface area contributed by atoms with Gasteiger partial charge in [-0.15, -0.1) is 0 Å². The van der Waals surface area contributed by atoms with Crippen molar-refractivity contribution in [3.8, 4) is 11.3 Å². The second kappa shape index (κ2) is 4.08. The molecular weight excluding hydrogens is 234 g/mol. The van der Waals surface area contributed by atoms with Gasteiger partial charge in [-0.05, 0) is 24.1 Å². The molecule has 3 nitrogen and oxygen atoms in total. The summed E-state index contributed by atoms with van der Waals surface area (Å²) < 4.78 is 0. The summed E-state index contributed by atoms with van der Waals surface area (Å²) >= 11 is 6.02. The zero-order valence-corrected chi connectivity index (χ0v) is 10.4. The SMILES string of the molecule is CCCNc1n[nH]c2c1Cc1cc(Cl)ccc1-2. The normalized spacial score (nSPS) is 12.4. The van der Waals surface area contributed by atoms with E-state index in [1.165, 1.54) is 16.7 Å². The average Bonchev–Trinajstić information content (AvgIpc) is 2.84. The summed E-state index contributed by atoms with van der Waals surface area (Å²) in [6.45, 7) is 3.10. The van der Waals surface area contributed by atoms with E-state index in [2.05, 4.69) is 28.5 Å². The number of anilines is 1. The number of halogens is 1. The molecular formula is C13H14ClN3. The number of fused-ring (bicyclic) bond motifs is 3. The molecule has 1 aliphatic rings. The number of nitrogens with zero attached hydrogens (tertiary/aromatic N) is 1. The fraction of sp³-hybridized carbons (Fsp3) is 0.308. The molecule has 0 saturated carbocycles. The standard InChI is InChI=1S/C13H14ClN3/c1-2-5-15-13-11-7-8-6-9(14)3-4-10(8)12(11)16-17-13/h3-4,6H,2,5,7H2,1H3,(H2,15,16,17). The number of benzene rings is 1. The summed E-state index contributed by atoms with van der Waals surface area (Å²) in [5.74, 6) is 0.981. The average molecular weight is 248 g/mol. The van der Waals surface area contributed by atoms with E-state index in [-0.39, 0.29) is 0 Å². The highest BCUT2D eigenvalue weighted by Gasteiger charge is 2.24. The van der Waals surface area contributed by atoms with Crippen LogP contribution in [0.25, 0.3) is 11.3 Å². The minimum absolute atomic E-state index is 0.796. The predicted molar refractivity (Wildman–Crippen MR) is 70.6 cm³/mol. The third-order valence-electron chi connectivity index (χ3n) is 3.11. The van der Waals surface area contributed by atoms with Crippen molar-refractivity contribution in [3.63, 3.8) is 0 Å². The molecule has 88 valence electrons. The molecule has 1 aromatic heterocycles. The maximum atomic E-state index is 6.02. The third-order valence-corrected chi connectivity index (χ3v) is 3.35. The maximum Gasteiger partial charge on any atom is 0.151 e. The molecule has 0 fully saturated rings. The number of aromatic amines is 1. The van der Waals surface area contributed by atoms with Crippen LogP contribution in [0.5, 0.6) is 0 Å². The molecule has 0 aliphatic heterocycles. The molecule has 17 heavy (non-hydrogen) atoms. The Morgan fingerprint density at radius 2 is 2.35 bits per heavy atom. The Bertz CT molecular complexity index is 560. The minimum atomic E-state index is 0.796. The first-order valence-electron chi connectivity index (χ1n) is 5.89. The summed E-state index contributed by atoms with van der Waals surface area (Å²) in [6, 6.07) is 6.02. The lowest BCUT2D eigenvalue weighted by molar-refractivity contribution is 0.956. The molecule has 1 heterocycles. The van der Waals surface area contributed by atoms with Crippen molar-refractivity contribution in [1.82, 2.24) is 10.2 Å². The third kappa shape index (κ3) is 1.71. The van der Waals surface area contributed by atoms with Gasteiger partial charge in [-0.25, -0.2) is 0 Å². The number of aromatic nitrogens is 2. The molecule has 1 aromatic carbocycles.